The number of pyridine rings is 1. The van der Waals surface area contributed by atoms with Crippen LogP contribution in [0.2, 0.25) is 0 Å². The average molecular weight is 224 g/mol. The summed E-state index contributed by atoms with van der Waals surface area (Å²) in [5, 5.41) is 12.0. The molecule has 0 aliphatic heterocycles. The van der Waals surface area contributed by atoms with E-state index in [0.29, 0.717) is 18.5 Å². The van der Waals surface area contributed by atoms with Gasteiger partial charge < -0.3 is 10.4 Å². The number of aryl methyl sites for hydroxylation is 1. The molecule has 5 nitrogen and oxygen atoms in total. The summed E-state index contributed by atoms with van der Waals surface area (Å²) in [6, 6.07) is 1.48. The summed E-state index contributed by atoms with van der Waals surface area (Å²) in [6.45, 7) is 4.12. The van der Waals surface area contributed by atoms with Gasteiger partial charge in [0.2, 0.25) is 6.41 Å². The number of carbonyl (C=O) groups is 1. The number of hydrogen-bond acceptors (Lipinski definition) is 3. The zero-order valence-corrected chi connectivity index (χ0v) is 9.49. The van der Waals surface area contributed by atoms with Gasteiger partial charge in [0.25, 0.3) is 5.56 Å². The summed E-state index contributed by atoms with van der Waals surface area (Å²) in [5.74, 6) is -0.0626. The van der Waals surface area contributed by atoms with Crippen LogP contribution in [-0.4, -0.2) is 16.1 Å². The van der Waals surface area contributed by atoms with Crippen molar-refractivity contribution in [2.45, 2.75) is 33.2 Å². The minimum Gasteiger partial charge on any atom is -0.494 e. The molecule has 1 rings (SSSR count). The van der Waals surface area contributed by atoms with Crippen molar-refractivity contribution in [2.24, 2.45) is 0 Å². The number of carbonyl (C=O) groups excluding carboxylic acids is 1. The number of nitrogens with one attached hydrogen (secondary N) is 1. The fourth-order valence-electron chi connectivity index (χ4n) is 1.52. The SMILES string of the molecule is CCCCn1c(O)cc(C)c(NC=O)c1=O. The van der Waals surface area contributed by atoms with E-state index in [1.54, 1.807) is 6.92 Å². The van der Waals surface area contributed by atoms with Gasteiger partial charge in [0.1, 0.15) is 5.69 Å². The lowest BCUT2D eigenvalue weighted by molar-refractivity contribution is -0.105. The molecule has 2 N–H and O–H groups in total. The Morgan fingerprint density at radius 2 is 2.25 bits per heavy atom. The van der Waals surface area contributed by atoms with E-state index in [0.717, 1.165) is 12.8 Å². The number of unbranched alkanes of at least 4 members (excludes halogenated alkanes) is 1. The number of anilines is 1. The lowest BCUT2D eigenvalue weighted by Gasteiger charge is -2.11. The molecule has 0 aliphatic rings. The first-order valence-corrected chi connectivity index (χ1v) is 5.25. The average Bonchev–Trinajstić information content (AvgIpc) is 2.24. The molecule has 0 spiro atoms. The molecule has 1 amide bonds. The molecule has 0 atom stereocenters. The third kappa shape index (κ3) is 2.42. The van der Waals surface area contributed by atoms with Crippen LogP contribution < -0.4 is 10.9 Å². The number of aromatic nitrogens is 1. The van der Waals surface area contributed by atoms with Gasteiger partial charge in [-0.2, -0.15) is 0 Å². The highest BCUT2D eigenvalue weighted by Crippen LogP contribution is 2.16. The van der Waals surface area contributed by atoms with Gasteiger partial charge >= 0.3 is 0 Å². The number of rotatable bonds is 5. The Bertz CT molecular complexity index is 438. The zero-order chi connectivity index (χ0) is 12.1. The van der Waals surface area contributed by atoms with Crippen LogP contribution in [-0.2, 0) is 11.3 Å². The topological polar surface area (TPSA) is 71.3 Å². The van der Waals surface area contributed by atoms with Gasteiger partial charge in [0.15, 0.2) is 5.88 Å². The van der Waals surface area contributed by atoms with Crippen LogP contribution in [0.5, 0.6) is 5.88 Å². The first-order valence-electron chi connectivity index (χ1n) is 5.25. The van der Waals surface area contributed by atoms with Gasteiger partial charge in [-0.15, -0.1) is 0 Å². The Labute approximate surface area is 93.7 Å². The molecule has 1 aromatic heterocycles. The molecule has 0 saturated carbocycles. The summed E-state index contributed by atoms with van der Waals surface area (Å²) in [4.78, 5) is 22.3. The van der Waals surface area contributed by atoms with E-state index in [1.165, 1.54) is 10.6 Å². The predicted molar refractivity (Wildman–Crippen MR) is 61.7 cm³/mol. The fraction of sp³-hybridized carbons (Fsp3) is 0.455. The molecule has 16 heavy (non-hydrogen) atoms. The van der Waals surface area contributed by atoms with E-state index in [9.17, 15) is 14.7 Å². The monoisotopic (exact) mass is 224 g/mol. The molecule has 0 fully saturated rings. The van der Waals surface area contributed by atoms with E-state index < -0.39 is 0 Å². The summed E-state index contributed by atoms with van der Waals surface area (Å²) < 4.78 is 1.27. The van der Waals surface area contributed by atoms with E-state index in [-0.39, 0.29) is 17.1 Å². The second-order valence-corrected chi connectivity index (χ2v) is 3.63. The zero-order valence-electron chi connectivity index (χ0n) is 9.49. The second-order valence-electron chi connectivity index (χ2n) is 3.63. The smallest absolute Gasteiger partial charge is 0.277 e. The molecule has 0 radical (unpaired) electrons. The maximum atomic E-state index is 11.9. The molecule has 1 heterocycles. The number of nitrogens with zero attached hydrogens (tertiary/aromatic N) is 1. The Hall–Kier alpha value is -1.78. The Kier molecular flexibility index (Phi) is 4.10. The third-order valence-corrected chi connectivity index (χ3v) is 2.41. The van der Waals surface area contributed by atoms with Crippen LogP contribution >= 0.6 is 0 Å². The van der Waals surface area contributed by atoms with Gasteiger partial charge in [-0.25, -0.2) is 0 Å². The lowest BCUT2D eigenvalue weighted by Crippen LogP contribution is -2.24. The number of aromatic hydroxyl groups is 1. The van der Waals surface area contributed by atoms with E-state index in [1.807, 2.05) is 6.92 Å². The van der Waals surface area contributed by atoms with Crippen LogP contribution in [0.1, 0.15) is 25.3 Å². The van der Waals surface area contributed by atoms with Gasteiger partial charge in [0, 0.05) is 12.6 Å². The quantitative estimate of drug-likeness (QED) is 0.739. The van der Waals surface area contributed by atoms with Crippen LogP contribution in [0, 0.1) is 6.92 Å². The van der Waals surface area contributed by atoms with Crippen LogP contribution in [0.4, 0.5) is 5.69 Å². The van der Waals surface area contributed by atoms with Crippen molar-refractivity contribution in [2.75, 3.05) is 5.32 Å². The van der Waals surface area contributed by atoms with Crippen molar-refractivity contribution in [3.63, 3.8) is 0 Å². The highest BCUT2D eigenvalue weighted by atomic mass is 16.3. The molecular formula is C11H16N2O3. The summed E-state index contributed by atoms with van der Waals surface area (Å²) >= 11 is 0. The Morgan fingerprint density at radius 3 is 2.81 bits per heavy atom. The van der Waals surface area contributed by atoms with Crippen LogP contribution in [0.3, 0.4) is 0 Å². The highest BCUT2D eigenvalue weighted by Gasteiger charge is 2.10. The van der Waals surface area contributed by atoms with Gasteiger partial charge in [-0.3, -0.25) is 14.2 Å². The minimum atomic E-state index is -0.363. The first kappa shape index (κ1) is 12.3. The van der Waals surface area contributed by atoms with E-state index >= 15 is 0 Å². The van der Waals surface area contributed by atoms with Crippen LogP contribution in [0.25, 0.3) is 0 Å². The molecular weight excluding hydrogens is 208 g/mol. The van der Waals surface area contributed by atoms with Crippen molar-refractivity contribution in [3.8, 4) is 5.88 Å². The maximum absolute atomic E-state index is 11.9. The van der Waals surface area contributed by atoms with Gasteiger partial charge in [0.05, 0.1) is 0 Å². The van der Waals surface area contributed by atoms with Crippen molar-refractivity contribution >= 4 is 12.1 Å². The fourth-order valence-corrected chi connectivity index (χ4v) is 1.52. The Balaban J connectivity index is 3.22. The molecule has 0 saturated heterocycles. The highest BCUT2D eigenvalue weighted by molar-refractivity contribution is 5.72. The van der Waals surface area contributed by atoms with Gasteiger partial charge in [-0.05, 0) is 18.9 Å². The molecule has 0 aliphatic carbocycles. The standard InChI is InChI=1S/C11H16N2O3/c1-3-4-5-13-9(15)6-8(2)10(11(13)16)12-7-14/h6-7,15H,3-5H2,1-2H3,(H,12,14). The molecule has 0 unspecified atom stereocenters. The summed E-state index contributed by atoms with van der Waals surface area (Å²) in [5.41, 5.74) is 0.421. The van der Waals surface area contributed by atoms with Crippen molar-refractivity contribution in [1.29, 1.82) is 0 Å². The second kappa shape index (κ2) is 5.34. The number of amides is 1. The Morgan fingerprint density at radius 1 is 1.56 bits per heavy atom. The molecule has 1 aromatic rings. The third-order valence-electron chi connectivity index (χ3n) is 2.41. The molecule has 0 aromatic carbocycles. The summed E-state index contributed by atoms with van der Waals surface area (Å²) in [6.07, 6.45) is 2.19. The largest absolute Gasteiger partial charge is 0.494 e. The van der Waals surface area contributed by atoms with Gasteiger partial charge in [-0.1, -0.05) is 13.3 Å². The van der Waals surface area contributed by atoms with Crippen molar-refractivity contribution in [1.82, 2.24) is 4.57 Å². The van der Waals surface area contributed by atoms with E-state index in [2.05, 4.69) is 5.32 Å². The van der Waals surface area contributed by atoms with Crippen molar-refractivity contribution in [3.05, 3.63) is 22.0 Å². The lowest BCUT2D eigenvalue weighted by atomic mass is 10.2. The summed E-state index contributed by atoms with van der Waals surface area (Å²) in [7, 11) is 0. The number of hydrogen-bond donors (Lipinski definition) is 2. The van der Waals surface area contributed by atoms with Crippen LogP contribution in [0.15, 0.2) is 10.9 Å². The van der Waals surface area contributed by atoms with E-state index in [4.69, 9.17) is 0 Å². The first-order chi connectivity index (χ1) is 7.61. The minimum absolute atomic E-state index is 0.0626. The maximum Gasteiger partial charge on any atom is 0.277 e. The van der Waals surface area contributed by atoms with Crippen molar-refractivity contribution < 1.29 is 9.90 Å². The normalized spacial score (nSPS) is 10.1. The molecule has 5 heteroatoms. The predicted octanol–water partition coefficient (Wildman–Crippen LogP) is 1.23. The molecule has 88 valence electrons. The molecule has 0 bridgehead atoms.